The van der Waals surface area contributed by atoms with Gasteiger partial charge < -0.3 is 14.2 Å². The fraction of sp³-hybridized carbons (Fsp3) is 0.188. The van der Waals surface area contributed by atoms with Crippen LogP contribution in [0.15, 0.2) is 36.4 Å². The lowest BCUT2D eigenvalue weighted by molar-refractivity contribution is -0.385. The number of benzene rings is 2. The summed E-state index contributed by atoms with van der Waals surface area (Å²) in [5.74, 6) is 0.517. The van der Waals surface area contributed by atoms with Crippen LogP contribution in [0.4, 0.5) is 5.69 Å². The molecular formula is C16H14ClNO6. The van der Waals surface area contributed by atoms with Gasteiger partial charge in [0.15, 0.2) is 23.9 Å². The minimum Gasteiger partial charge on any atom is -0.495 e. The minimum absolute atomic E-state index is 0.111. The molecule has 7 nitrogen and oxygen atoms in total. The van der Waals surface area contributed by atoms with Crippen molar-refractivity contribution in [3.8, 4) is 17.2 Å². The SMILES string of the molecule is COc1ccc(C(=O)COc2cc([N+](=O)[O-])ccc2OC)cc1Cl. The highest BCUT2D eigenvalue weighted by molar-refractivity contribution is 6.32. The summed E-state index contributed by atoms with van der Waals surface area (Å²) in [7, 11) is 2.87. The number of nitrogens with zero attached hydrogens (tertiary/aromatic N) is 1. The Bertz CT molecular complexity index is 777. The molecule has 2 aromatic rings. The predicted octanol–water partition coefficient (Wildman–Crippen LogP) is 3.53. The van der Waals surface area contributed by atoms with Crippen molar-refractivity contribution >= 4 is 23.1 Å². The summed E-state index contributed by atoms with van der Waals surface area (Å²) < 4.78 is 15.5. The summed E-state index contributed by atoms with van der Waals surface area (Å²) in [6.07, 6.45) is 0. The second-order valence-electron chi connectivity index (χ2n) is 4.65. The minimum atomic E-state index is -0.558. The van der Waals surface area contributed by atoms with Gasteiger partial charge in [0, 0.05) is 11.6 Å². The van der Waals surface area contributed by atoms with Crippen LogP contribution < -0.4 is 14.2 Å². The first kappa shape index (κ1) is 17.6. The highest BCUT2D eigenvalue weighted by Crippen LogP contribution is 2.31. The van der Waals surface area contributed by atoms with Crippen LogP contribution in [-0.2, 0) is 0 Å². The Labute approximate surface area is 142 Å². The number of carbonyl (C=O) groups excluding carboxylic acids is 1. The van der Waals surface area contributed by atoms with E-state index in [1.165, 1.54) is 38.5 Å². The summed E-state index contributed by atoms with van der Waals surface area (Å²) >= 11 is 5.98. The molecule has 0 radical (unpaired) electrons. The molecule has 0 spiro atoms. The van der Waals surface area contributed by atoms with Crippen LogP contribution in [0, 0.1) is 10.1 Å². The number of methoxy groups -OCH3 is 2. The van der Waals surface area contributed by atoms with Gasteiger partial charge in [0.25, 0.3) is 5.69 Å². The smallest absolute Gasteiger partial charge is 0.273 e. The van der Waals surface area contributed by atoms with Gasteiger partial charge in [-0.1, -0.05) is 11.6 Å². The first-order chi connectivity index (χ1) is 11.5. The maximum atomic E-state index is 12.2. The summed E-state index contributed by atoms with van der Waals surface area (Å²) in [5.41, 5.74) is 0.177. The normalized spacial score (nSPS) is 10.1. The number of ether oxygens (including phenoxy) is 3. The Morgan fingerprint density at radius 3 is 2.33 bits per heavy atom. The number of ketones is 1. The average molecular weight is 352 g/mol. The van der Waals surface area contributed by atoms with E-state index in [4.69, 9.17) is 25.8 Å². The van der Waals surface area contributed by atoms with Gasteiger partial charge in [0.05, 0.1) is 30.2 Å². The third kappa shape index (κ3) is 3.94. The van der Waals surface area contributed by atoms with Crippen LogP contribution in [-0.4, -0.2) is 31.5 Å². The Kier molecular flexibility index (Phi) is 5.59. The van der Waals surface area contributed by atoms with E-state index in [-0.39, 0.29) is 23.8 Å². The number of rotatable bonds is 7. The topological polar surface area (TPSA) is 87.9 Å². The molecule has 24 heavy (non-hydrogen) atoms. The van der Waals surface area contributed by atoms with Crippen molar-refractivity contribution < 1.29 is 23.9 Å². The molecule has 0 aliphatic carbocycles. The molecule has 8 heteroatoms. The second kappa shape index (κ2) is 7.65. The molecule has 0 heterocycles. The van der Waals surface area contributed by atoms with E-state index in [2.05, 4.69) is 0 Å². The largest absolute Gasteiger partial charge is 0.495 e. The molecular weight excluding hydrogens is 338 g/mol. The van der Waals surface area contributed by atoms with Crippen LogP contribution in [0.25, 0.3) is 0 Å². The summed E-state index contributed by atoms with van der Waals surface area (Å²) in [5, 5.41) is 11.1. The molecule has 0 bridgehead atoms. The Morgan fingerprint density at radius 2 is 1.75 bits per heavy atom. The van der Waals surface area contributed by atoms with Crippen molar-refractivity contribution in [3.05, 3.63) is 57.1 Å². The third-order valence-corrected chi connectivity index (χ3v) is 3.49. The van der Waals surface area contributed by atoms with Crippen molar-refractivity contribution in [1.29, 1.82) is 0 Å². The van der Waals surface area contributed by atoms with Crippen LogP contribution in [0.1, 0.15) is 10.4 Å². The number of non-ortho nitro benzene ring substituents is 1. The van der Waals surface area contributed by atoms with Gasteiger partial charge in [-0.15, -0.1) is 0 Å². The van der Waals surface area contributed by atoms with Gasteiger partial charge >= 0.3 is 0 Å². The molecule has 0 unspecified atom stereocenters. The van der Waals surface area contributed by atoms with Crippen molar-refractivity contribution in [3.63, 3.8) is 0 Å². The first-order valence-corrected chi connectivity index (χ1v) is 7.16. The van der Waals surface area contributed by atoms with Crippen molar-refractivity contribution in [1.82, 2.24) is 0 Å². The number of nitro benzene ring substituents is 1. The molecule has 0 aromatic heterocycles. The molecule has 0 aliphatic rings. The van der Waals surface area contributed by atoms with Gasteiger partial charge in [-0.3, -0.25) is 14.9 Å². The van der Waals surface area contributed by atoms with Gasteiger partial charge in [-0.2, -0.15) is 0 Å². The predicted molar refractivity (Wildman–Crippen MR) is 87.5 cm³/mol. The van der Waals surface area contributed by atoms with Gasteiger partial charge in [0.1, 0.15) is 5.75 Å². The molecule has 0 N–H and O–H groups in total. The molecule has 0 aliphatic heterocycles. The van der Waals surface area contributed by atoms with E-state index in [1.54, 1.807) is 12.1 Å². The molecule has 0 atom stereocenters. The Balaban J connectivity index is 2.15. The summed E-state index contributed by atoms with van der Waals surface area (Å²) in [6.45, 7) is -0.319. The fourth-order valence-electron chi connectivity index (χ4n) is 1.96. The molecule has 2 aromatic carbocycles. The van der Waals surface area contributed by atoms with E-state index in [9.17, 15) is 14.9 Å². The average Bonchev–Trinajstić information content (AvgIpc) is 2.59. The zero-order valence-electron chi connectivity index (χ0n) is 12.9. The Hall–Kier alpha value is -2.80. The summed E-state index contributed by atoms with van der Waals surface area (Å²) in [4.78, 5) is 22.5. The zero-order chi connectivity index (χ0) is 17.7. The molecule has 0 saturated heterocycles. The van der Waals surface area contributed by atoms with E-state index < -0.39 is 4.92 Å². The van der Waals surface area contributed by atoms with Crippen LogP contribution in [0.2, 0.25) is 5.02 Å². The number of halogens is 1. The van der Waals surface area contributed by atoms with E-state index in [0.717, 1.165) is 0 Å². The van der Waals surface area contributed by atoms with Crippen LogP contribution in [0.5, 0.6) is 17.2 Å². The molecule has 126 valence electrons. The van der Waals surface area contributed by atoms with Crippen molar-refractivity contribution in [2.24, 2.45) is 0 Å². The fourth-order valence-corrected chi connectivity index (χ4v) is 2.22. The van der Waals surface area contributed by atoms with Crippen molar-refractivity contribution in [2.75, 3.05) is 20.8 Å². The van der Waals surface area contributed by atoms with Gasteiger partial charge in [-0.05, 0) is 24.3 Å². The van der Waals surface area contributed by atoms with E-state index in [0.29, 0.717) is 22.1 Å². The highest BCUT2D eigenvalue weighted by atomic mass is 35.5. The summed E-state index contributed by atoms with van der Waals surface area (Å²) in [6, 6.07) is 8.49. The lowest BCUT2D eigenvalue weighted by atomic mass is 10.1. The van der Waals surface area contributed by atoms with Crippen LogP contribution >= 0.6 is 11.6 Å². The quantitative estimate of drug-likeness (QED) is 0.431. The lowest BCUT2D eigenvalue weighted by Crippen LogP contribution is -2.12. The number of Topliss-reactive ketones (excluding diaryl/α,β-unsaturated/α-hetero) is 1. The van der Waals surface area contributed by atoms with Crippen molar-refractivity contribution in [2.45, 2.75) is 0 Å². The zero-order valence-corrected chi connectivity index (χ0v) is 13.7. The monoisotopic (exact) mass is 351 g/mol. The lowest BCUT2D eigenvalue weighted by Gasteiger charge is -2.10. The highest BCUT2D eigenvalue weighted by Gasteiger charge is 2.15. The maximum Gasteiger partial charge on any atom is 0.273 e. The molecule has 0 amide bonds. The standard InChI is InChI=1S/C16H14ClNO6/c1-22-14-5-3-10(7-12(14)17)13(19)9-24-16-8-11(18(20)21)4-6-15(16)23-2/h3-8H,9H2,1-2H3. The number of hydrogen-bond acceptors (Lipinski definition) is 6. The van der Waals surface area contributed by atoms with Gasteiger partial charge in [0.2, 0.25) is 0 Å². The van der Waals surface area contributed by atoms with E-state index >= 15 is 0 Å². The maximum absolute atomic E-state index is 12.2. The number of carbonyl (C=O) groups is 1. The number of nitro groups is 1. The second-order valence-corrected chi connectivity index (χ2v) is 5.06. The number of hydrogen-bond donors (Lipinski definition) is 0. The molecule has 2 rings (SSSR count). The van der Waals surface area contributed by atoms with E-state index in [1.807, 2.05) is 0 Å². The molecule has 0 fully saturated rings. The van der Waals surface area contributed by atoms with Gasteiger partial charge in [-0.25, -0.2) is 0 Å². The van der Waals surface area contributed by atoms with Crippen LogP contribution in [0.3, 0.4) is 0 Å². The Morgan fingerprint density at radius 1 is 1.08 bits per heavy atom. The first-order valence-electron chi connectivity index (χ1n) is 6.78. The molecule has 0 saturated carbocycles. The third-order valence-electron chi connectivity index (χ3n) is 3.19.